The molecule has 1 N–H and O–H groups in total. The summed E-state index contributed by atoms with van der Waals surface area (Å²) in [4.78, 5) is 14.8. The maximum Gasteiger partial charge on any atom is 0.264 e. The number of rotatable bonds is 4. The number of nitrogens with zero attached hydrogens (tertiary/aromatic N) is 1. The highest BCUT2D eigenvalue weighted by Gasteiger charge is 2.34. The molecule has 4 nitrogen and oxygen atoms in total. The van der Waals surface area contributed by atoms with E-state index in [0.717, 1.165) is 30.8 Å². The first-order chi connectivity index (χ1) is 10.1. The first-order valence-electron chi connectivity index (χ1n) is 7.93. The SMILES string of the molecule is CC(C)N(CC1CCCN1)C(=O)C1Cc2ccccc2O1. The maximum atomic E-state index is 12.8. The molecule has 2 atom stereocenters. The van der Waals surface area contributed by atoms with Crippen molar-refractivity contribution in [3.05, 3.63) is 29.8 Å². The van der Waals surface area contributed by atoms with Crippen molar-refractivity contribution >= 4 is 5.91 Å². The van der Waals surface area contributed by atoms with Crippen molar-refractivity contribution in [1.29, 1.82) is 0 Å². The fourth-order valence-electron chi connectivity index (χ4n) is 3.21. The molecule has 0 aliphatic carbocycles. The van der Waals surface area contributed by atoms with E-state index in [1.54, 1.807) is 0 Å². The Morgan fingerprint density at radius 2 is 2.24 bits per heavy atom. The third-order valence-electron chi connectivity index (χ3n) is 4.41. The van der Waals surface area contributed by atoms with Gasteiger partial charge in [0, 0.05) is 25.0 Å². The maximum absolute atomic E-state index is 12.8. The van der Waals surface area contributed by atoms with Crippen molar-refractivity contribution in [2.75, 3.05) is 13.1 Å². The monoisotopic (exact) mass is 288 g/mol. The summed E-state index contributed by atoms with van der Waals surface area (Å²) in [6.45, 7) is 6.01. The van der Waals surface area contributed by atoms with Gasteiger partial charge >= 0.3 is 0 Å². The topological polar surface area (TPSA) is 41.6 Å². The minimum Gasteiger partial charge on any atom is -0.480 e. The lowest BCUT2D eigenvalue weighted by Gasteiger charge is -2.31. The minimum atomic E-state index is -0.355. The van der Waals surface area contributed by atoms with E-state index in [1.165, 1.54) is 6.42 Å². The summed E-state index contributed by atoms with van der Waals surface area (Å²) in [5.41, 5.74) is 1.14. The summed E-state index contributed by atoms with van der Waals surface area (Å²) < 4.78 is 5.85. The molecule has 2 aliphatic rings. The van der Waals surface area contributed by atoms with Gasteiger partial charge in [0.2, 0.25) is 0 Å². The summed E-state index contributed by atoms with van der Waals surface area (Å²) in [5.74, 6) is 0.980. The molecule has 0 radical (unpaired) electrons. The fraction of sp³-hybridized carbons (Fsp3) is 0.588. The number of ether oxygens (including phenoxy) is 1. The van der Waals surface area contributed by atoms with Gasteiger partial charge in [-0.3, -0.25) is 4.79 Å². The molecule has 1 aromatic rings. The first-order valence-corrected chi connectivity index (χ1v) is 7.93. The van der Waals surface area contributed by atoms with E-state index in [1.807, 2.05) is 29.2 Å². The van der Waals surface area contributed by atoms with Gasteiger partial charge in [-0.1, -0.05) is 18.2 Å². The van der Waals surface area contributed by atoms with E-state index in [0.29, 0.717) is 12.5 Å². The number of fused-ring (bicyclic) bond motifs is 1. The number of nitrogens with one attached hydrogen (secondary N) is 1. The van der Waals surface area contributed by atoms with E-state index in [4.69, 9.17) is 4.74 Å². The molecule has 114 valence electrons. The van der Waals surface area contributed by atoms with Crippen molar-refractivity contribution in [2.24, 2.45) is 0 Å². The molecule has 2 aliphatic heterocycles. The zero-order valence-electron chi connectivity index (χ0n) is 12.8. The zero-order valence-corrected chi connectivity index (χ0v) is 12.8. The average molecular weight is 288 g/mol. The molecular weight excluding hydrogens is 264 g/mol. The van der Waals surface area contributed by atoms with Crippen LogP contribution in [0.4, 0.5) is 0 Å². The number of amides is 1. The number of carbonyl (C=O) groups excluding carboxylic acids is 1. The molecule has 1 fully saturated rings. The van der Waals surface area contributed by atoms with Crippen molar-refractivity contribution in [3.8, 4) is 5.75 Å². The molecule has 1 aromatic carbocycles. The normalized spacial score (nSPS) is 24.0. The molecule has 0 spiro atoms. The predicted molar refractivity (Wildman–Crippen MR) is 82.4 cm³/mol. The quantitative estimate of drug-likeness (QED) is 0.921. The second kappa shape index (κ2) is 6.06. The van der Waals surface area contributed by atoms with Crippen molar-refractivity contribution in [2.45, 2.75) is 51.3 Å². The molecule has 1 saturated heterocycles. The Morgan fingerprint density at radius 1 is 1.43 bits per heavy atom. The van der Waals surface area contributed by atoms with Gasteiger partial charge < -0.3 is 15.0 Å². The molecule has 21 heavy (non-hydrogen) atoms. The summed E-state index contributed by atoms with van der Waals surface area (Å²) >= 11 is 0. The van der Waals surface area contributed by atoms with Crippen LogP contribution in [0, 0.1) is 0 Å². The van der Waals surface area contributed by atoms with Gasteiger partial charge in [0.25, 0.3) is 5.91 Å². The van der Waals surface area contributed by atoms with E-state index >= 15 is 0 Å². The lowest BCUT2D eigenvalue weighted by molar-refractivity contribution is -0.140. The van der Waals surface area contributed by atoms with Crippen LogP contribution < -0.4 is 10.1 Å². The van der Waals surface area contributed by atoms with Crippen LogP contribution in [0.25, 0.3) is 0 Å². The second-order valence-corrected chi connectivity index (χ2v) is 6.30. The number of hydrogen-bond acceptors (Lipinski definition) is 3. The fourth-order valence-corrected chi connectivity index (χ4v) is 3.21. The molecule has 1 amide bonds. The van der Waals surface area contributed by atoms with E-state index in [-0.39, 0.29) is 18.1 Å². The van der Waals surface area contributed by atoms with Gasteiger partial charge in [-0.25, -0.2) is 0 Å². The van der Waals surface area contributed by atoms with Crippen molar-refractivity contribution < 1.29 is 9.53 Å². The highest BCUT2D eigenvalue weighted by Crippen LogP contribution is 2.29. The lowest BCUT2D eigenvalue weighted by atomic mass is 10.1. The van der Waals surface area contributed by atoms with Gasteiger partial charge in [0.1, 0.15) is 5.75 Å². The van der Waals surface area contributed by atoms with Gasteiger partial charge in [-0.2, -0.15) is 0 Å². The minimum absolute atomic E-state index is 0.120. The molecule has 4 heteroatoms. The second-order valence-electron chi connectivity index (χ2n) is 6.30. The Morgan fingerprint density at radius 3 is 2.90 bits per heavy atom. The molecule has 0 saturated carbocycles. The highest BCUT2D eigenvalue weighted by molar-refractivity contribution is 5.83. The molecule has 0 bridgehead atoms. The molecule has 3 rings (SSSR count). The van der Waals surface area contributed by atoms with Crippen LogP contribution >= 0.6 is 0 Å². The zero-order chi connectivity index (χ0) is 14.8. The molecule has 0 aromatic heterocycles. The number of carbonyl (C=O) groups is 1. The van der Waals surface area contributed by atoms with Gasteiger partial charge in [0.05, 0.1) is 0 Å². The first kappa shape index (κ1) is 14.4. The Kier molecular flexibility index (Phi) is 4.15. The van der Waals surface area contributed by atoms with Crippen LogP contribution in [0.5, 0.6) is 5.75 Å². The lowest BCUT2D eigenvalue weighted by Crippen LogP contribution is -2.49. The summed E-state index contributed by atoms with van der Waals surface area (Å²) in [7, 11) is 0. The van der Waals surface area contributed by atoms with E-state index < -0.39 is 0 Å². The van der Waals surface area contributed by atoms with Gasteiger partial charge in [-0.05, 0) is 44.9 Å². The smallest absolute Gasteiger partial charge is 0.264 e. The average Bonchev–Trinajstić information content (AvgIpc) is 3.12. The molecule has 2 heterocycles. The van der Waals surface area contributed by atoms with Crippen LogP contribution in [0.1, 0.15) is 32.3 Å². The Balaban J connectivity index is 1.67. The standard InChI is InChI=1S/C17H24N2O2/c1-12(2)19(11-14-7-5-9-18-14)17(20)16-10-13-6-3-4-8-15(13)21-16/h3-4,6,8,12,14,16,18H,5,7,9-11H2,1-2H3. The third-order valence-corrected chi connectivity index (χ3v) is 4.41. The Hall–Kier alpha value is -1.55. The van der Waals surface area contributed by atoms with Gasteiger partial charge in [-0.15, -0.1) is 0 Å². The molecular formula is C17H24N2O2. The summed E-state index contributed by atoms with van der Waals surface area (Å²) in [6.07, 6.45) is 2.69. The number of benzene rings is 1. The van der Waals surface area contributed by atoms with Crippen LogP contribution in [-0.4, -0.2) is 42.1 Å². The summed E-state index contributed by atoms with van der Waals surface area (Å²) in [5, 5.41) is 3.47. The van der Waals surface area contributed by atoms with Gasteiger partial charge in [0.15, 0.2) is 6.10 Å². The van der Waals surface area contributed by atoms with E-state index in [2.05, 4.69) is 19.2 Å². The van der Waals surface area contributed by atoms with Crippen LogP contribution in [-0.2, 0) is 11.2 Å². The Labute approximate surface area is 126 Å². The predicted octanol–water partition coefficient (Wildman–Crippen LogP) is 1.98. The number of para-hydroxylation sites is 1. The van der Waals surface area contributed by atoms with Crippen LogP contribution in [0.2, 0.25) is 0 Å². The summed E-state index contributed by atoms with van der Waals surface area (Å²) in [6, 6.07) is 8.57. The Bertz CT molecular complexity index is 484. The van der Waals surface area contributed by atoms with Crippen molar-refractivity contribution in [1.82, 2.24) is 10.2 Å². The van der Waals surface area contributed by atoms with Crippen LogP contribution in [0.3, 0.4) is 0 Å². The largest absolute Gasteiger partial charge is 0.480 e. The van der Waals surface area contributed by atoms with Crippen LogP contribution in [0.15, 0.2) is 24.3 Å². The number of hydrogen-bond donors (Lipinski definition) is 1. The molecule has 2 unspecified atom stereocenters. The third kappa shape index (κ3) is 3.05. The van der Waals surface area contributed by atoms with Crippen molar-refractivity contribution in [3.63, 3.8) is 0 Å². The van der Waals surface area contributed by atoms with E-state index in [9.17, 15) is 4.79 Å². The highest BCUT2D eigenvalue weighted by atomic mass is 16.5.